The van der Waals surface area contributed by atoms with Crippen molar-refractivity contribution in [1.29, 1.82) is 0 Å². The van der Waals surface area contributed by atoms with E-state index < -0.39 is 0 Å². The van der Waals surface area contributed by atoms with Gasteiger partial charge < -0.3 is 7.77 Å². The highest BCUT2D eigenvalue weighted by Gasteiger charge is 2.11. The van der Waals surface area contributed by atoms with Crippen LogP contribution >= 0.6 is 0 Å². The van der Waals surface area contributed by atoms with Crippen LogP contribution < -0.4 is 0 Å². The molecule has 0 unspecified atom stereocenters. The Bertz CT molecular complexity index is 177. The van der Waals surface area contributed by atoms with Crippen molar-refractivity contribution < 1.29 is 1.43 Å². The van der Waals surface area contributed by atoms with Crippen molar-refractivity contribution in [2.24, 2.45) is 0 Å². The Morgan fingerprint density at radius 2 is 1.00 bits per heavy atom. The van der Waals surface area contributed by atoms with Crippen LogP contribution in [0.15, 0.2) is 50.6 Å². The van der Waals surface area contributed by atoms with E-state index >= 15 is 0 Å². The highest BCUT2D eigenvalue weighted by atomic mass is 27.1. The van der Waals surface area contributed by atoms with Gasteiger partial charge in [-0.1, -0.05) is 24.3 Å². The van der Waals surface area contributed by atoms with Crippen LogP contribution in [0.4, 0.5) is 0 Å². The summed E-state index contributed by atoms with van der Waals surface area (Å²) in [5, 5.41) is 0. The minimum absolute atomic E-state index is 0. The van der Waals surface area contributed by atoms with Gasteiger partial charge in [-0.3, -0.25) is 0 Å². The molecule has 0 N–H and O–H groups in total. The Kier molecular flexibility index (Phi) is 9.56. The fourth-order valence-corrected chi connectivity index (χ4v) is 2.67. The molecule has 3 heteroatoms. The molecular weight excluding hydrogens is 199 g/mol. The second-order valence-electron chi connectivity index (χ2n) is 3.18. The topological polar surface area (TPSA) is 6.48 Å². The van der Waals surface area contributed by atoms with Crippen LogP contribution in [0, 0.1) is 0 Å². The molecule has 0 aliphatic rings. The van der Waals surface area contributed by atoms with Crippen LogP contribution in [-0.2, 0) is 0 Å². The van der Waals surface area contributed by atoms with Gasteiger partial charge in [-0.15, -0.1) is 26.3 Å². The molecule has 2 nitrogen and oxygen atoms in total. The number of hydrogen-bond donors (Lipinski definition) is 0. The zero-order valence-corrected chi connectivity index (χ0v) is 10.6. The summed E-state index contributed by atoms with van der Waals surface area (Å²) >= 11 is 0.100. The van der Waals surface area contributed by atoms with E-state index in [9.17, 15) is 0 Å². The third-order valence-electron chi connectivity index (χ3n) is 1.78. The van der Waals surface area contributed by atoms with Crippen LogP contribution in [0.25, 0.3) is 0 Å². The van der Waals surface area contributed by atoms with E-state index in [1.54, 1.807) is 0 Å². The Balaban J connectivity index is 0. The lowest BCUT2D eigenvalue weighted by molar-refractivity contribution is 0.445. The van der Waals surface area contributed by atoms with Crippen molar-refractivity contribution in [3.63, 3.8) is 0 Å². The lowest BCUT2D eigenvalue weighted by atomic mass is 10.5. The first-order valence-electron chi connectivity index (χ1n) is 5.05. The highest BCUT2D eigenvalue weighted by molar-refractivity contribution is 6.28. The fraction of sp³-hybridized carbons (Fsp3) is 0.333. The molecule has 0 amide bonds. The summed E-state index contributed by atoms with van der Waals surface area (Å²) in [7, 11) is 0. The predicted octanol–water partition coefficient (Wildman–Crippen LogP) is 2.11. The Morgan fingerprint density at radius 1 is 0.733 bits per heavy atom. The van der Waals surface area contributed by atoms with Gasteiger partial charge in [-0.25, -0.2) is 0 Å². The van der Waals surface area contributed by atoms with E-state index in [0.717, 1.165) is 26.2 Å². The first-order valence-corrected chi connectivity index (χ1v) is 6.08. The van der Waals surface area contributed by atoms with E-state index in [4.69, 9.17) is 0 Å². The summed E-state index contributed by atoms with van der Waals surface area (Å²) in [6, 6.07) is 0. The molecule has 0 bridgehead atoms. The van der Waals surface area contributed by atoms with E-state index in [1.165, 1.54) is 0 Å². The monoisotopic (exact) mass is 221 g/mol. The molecule has 0 atom stereocenters. The second-order valence-corrected chi connectivity index (χ2v) is 4.87. The van der Waals surface area contributed by atoms with Gasteiger partial charge in [0.05, 0.1) is 0 Å². The van der Waals surface area contributed by atoms with Crippen molar-refractivity contribution >= 4 is 15.7 Å². The minimum Gasteiger partial charge on any atom is -0.371 e. The Morgan fingerprint density at radius 3 is 1.20 bits per heavy atom. The molecule has 83 valence electrons. The van der Waals surface area contributed by atoms with Gasteiger partial charge in [0.15, 0.2) is 0 Å². The van der Waals surface area contributed by atoms with Gasteiger partial charge in [0.25, 0.3) is 0 Å². The largest absolute Gasteiger partial charge is 0.456 e. The molecule has 0 aromatic carbocycles. The van der Waals surface area contributed by atoms with Gasteiger partial charge in [0, 0.05) is 1.43 Å². The van der Waals surface area contributed by atoms with E-state index in [-0.39, 0.29) is 17.1 Å². The maximum atomic E-state index is 3.76. The molecule has 0 aromatic heterocycles. The van der Waals surface area contributed by atoms with Crippen molar-refractivity contribution in [3.8, 4) is 0 Å². The van der Waals surface area contributed by atoms with Crippen molar-refractivity contribution in [1.82, 2.24) is 7.77 Å². The van der Waals surface area contributed by atoms with Crippen LogP contribution in [0.2, 0.25) is 0 Å². The minimum atomic E-state index is 0. The van der Waals surface area contributed by atoms with Gasteiger partial charge >= 0.3 is 15.7 Å². The maximum Gasteiger partial charge on any atom is 0.456 e. The lowest BCUT2D eigenvalue weighted by Gasteiger charge is -2.26. The SMILES string of the molecule is C=CC[N](CC=C)[Al][N](CC=C)CC=C.[HH]. The molecule has 1 radical (unpaired) electrons. The molecule has 0 rings (SSSR count). The first-order chi connectivity index (χ1) is 7.28. The molecule has 0 aromatic rings. The lowest BCUT2D eigenvalue weighted by Crippen LogP contribution is -2.42. The van der Waals surface area contributed by atoms with Crippen LogP contribution in [0.5, 0.6) is 0 Å². The van der Waals surface area contributed by atoms with Gasteiger partial charge in [0.1, 0.15) is 0 Å². The van der Waals surface area contributed by atoms with Gasteiger partial charge in [0.2, 0.25) is 0 Å². The smallest absolute Gasteiger partial charge is 0.371 e. The normalized spacial score (nSPS) is 10.0. The molecule has 0 fully saturated rings. The third-order valence-corrected chi connectivity index (χ3v) is 3.28. The summed E-state index contributed by atoms with van der Waals surface area (Å²) in [6.45, 7) is 18.7. The fourth-order valence-electron chi connectivity index (χ4n) is 1.23. The number of rotatable bonds is 10. The quantitative estimate of drug-likeness (QED) is 0.412. The summed E-state index contributed by atoms with van der Waals surface area (Å²) in [5.41, 5.74) is 0. The zero-order chi connectivity index (χ0) is 11.5. The molecule has 0 heterocycles. The summed E-state index contributed by atoms with van der Waals surface area (Å²) in [4.78, 5) is 0. The molecule has 15 heavy (non-hydrogen) atoms. The van der Waals surface area contributed by atoms with Crippen LogP contribution in [0.3, 0.4) is 0 Å². The molecule has 0 spiro atoms. The maximum absolute atomic E-state index is 3.76. The van der Waals surface area contributed by atoms with Gasteiger partial charge in [-0.05, 0) is 26.2 Å². The zero-order valence-electron chi connectivity index (χ0n) is 9.44. The molecular formula is C12H22AlN2. The molecule has 0 aliphatic heterocycles. The molecule has 0 saturated carbocycles. The Labute approximate surface area is 102 Å². The Hall–Kier alpha value is -0.588. The van der Waals surface area contributed by atoms with E-state index in [0.29, 0.717) is 0 Å². The van der Waals surface area contributed by atoms with Crippen molar-refractivity contribution in [3.05, 3.63) is 50.6 Å². The van der Waals surface area contributed by atoms with Crippen LogP contribution in [-0.4, -0.2) is 49.6 Å². The predicted molar refractivity (Wildman–Crippen MR) is 71.8 cm³/mol. The third kappa shape index (κ3) is 7.35. The van der Waals surface area contributed by atoms with Gasteiger partial charge in [-0.2, -0.15) is 0 Å². The van der Waals surface area contributed by atoms with E-state index in [1.807, 2.05) is 24.3 Å². The van der Waals surface area contributed by atoms with Crippen molar-refractivity contribution in [2.45, 2.75) is 0 Å². The van der Waals surface area contributed by atoms with E-state index in [2.05, 4.69) is 34.1 Å². The van der Waals surface area contributed by atoms with Crippen molar-refractivity contribution in [2.75, 3.05) is 26.2 Å². The summed E-state index contributed by atoms with van der Waals surface area (Å²) < 4.78 is 4.68. The summed E-state index contributed by atoms with van der Waals surface area (Å²) in [5.74, 6) is 0. The molecule has 0 saturated heterocycles. The second kappa shape index (κ2) is 9.95. The number of nitrogens with zero attached hydrogens (tertiary/aromatic N) is 2. The summed E-state index contributed by atoms with van der Waals surface area (Å²) in [6.07, 6.45) is 7.71. The number of hydrogen-bond acceptors (Lipinski definition) is 2. The average Bonchev–Trinajstić information content (AvgIpc) is 2.19. The first kappa shape index (κ1) is 14.4. The van der Waals surface area contributed by atoms with Crippen LogP contribution in [0.1, 0.15) is 1.43 Å². The highest BCUT2D eigenvalue weighted by Crippen LogP contribution is 1.93. The molecule has 0 aliphatic carbocycles. The average molecular weight is 221 g/mol. The standard InChI is InChI=1S/2C6H10N.Al.H2/c2*1-3-5-7-6-4-2;;/h2*3-4H,1-2,5-6H2;;1H/q2*-1;+2;.